The van der Waals surface area contributed by atoms with Crippen LogP contribution in [0, 0.1) is 6.92 Å². The third-order valence-corrected chi connectivity index (χ3v) is 2.94. The molecule has 0 unspecified atom stereocenters. The standard InChI is InChI=1S/C13H13BrN2O2/c1-3-18-13(17)11-8(2)15-12(16-11)9-5-4-6-10(14)7-9/h4-7H,3H2,1-2H3,(H,15,16). The molecule has 0 saturated carbocycles. The number of nitrogens with one attached hydrogen (secondary N) is 1. The zero-order valence-corrected chi connectivity index (χ0v) is 11.7. The molecule has 1 aromatic carbocycles. The molecule has 0 spiro atoms. The first-order valence-corrected chi connectivity index (χ1v) is 6.40. The molecule has 2 rings (SSSR count). The summed E-state index contributed by atoms with van der Waals surface area (Å²) in [7, 11) is 0. The Morgan fingerprint density at radius 1 is 1.50 bits per heavy atom. The first kappa shape index (κ1) is 12.8. The van der Waals surface area contributed by atoms with E-state index in [2.05, 4.69) is 25.9 Å². The predicted molar refractivity (Wildman–Crippen MR) is 72.4 cm³/mol. The van der Waals surface area contributed by atoms with Crippen LogP contribution in [0.4, 0.5) is 0 Å². The highest BCUT2D eigenvalue weighted by molar-refractivity contribution is 9.10. The quantitative estimate of drug-likeness (QED) is 0.885. The summed E-state index contributed by atoms with van der Waals surface area (Å²) in [5.74, 6) is 0.268. The van der Waals surface area contributed by atoms with Crippen molar-refractivity contribution in [2.45, 2.75) is 13.8 Å². The van der Waals surface area contributed by atoms with Gasteiger partial charge in [-0.3, -0.25) is 0 Å². The van der Waals surface area contributed by atoms with Crippen LogP contribution < -0.4 is 0 Å². The molecular weight excluding hydrogens is 296 g/mol. The number of aromatic nitrogens is 2. The molecule has 0 fully saturated rings. The minimum absolute atomic E-state index is 0.340. The molecule has 0 atom stereocenters. The Morgan fingerprint density at radius 2 is 2.28 bits per heavy atom. The van der Waals surface area contributed by atoms with Gasteiger partial charge in [-0.1, -0.05) is 28.1 Å². The molecule has 1 heterocycles. The van der Waals surface area contributed by atoms with E-state index >= 15 is 0 Å². The summed E-state index contributed by atoms with van der Waals surface area (Å²) in [5.41, 5.74) is 1.97. The highest BCUT2D eigenvalue weighted by atomic mass is 79.9. The van der Waals surface area contributed by atoms with Crippen molar-refractivity contribution in [1.29, 1.82) is 0 Å². The Morgan fingerprint density at radius 3 is 2.94 bits per heavy atom. The summed E-state index contributed by atoms with van der Waals surface area (Å²) in [6, 6.07) is 7.72. The van der Waals surface area contributed by atoms with Crippen molar-refractivity contribution < 1.29 is 9.53 Å². The number of carbonyl (C=O) groups is 1. The van der Waals surface area contributed by atoms with Gasteiger partial charge in [0, 0.05) is 15.7 Å². The summed E-state index contributed by atoms with van der Waals surface area (Å²) < 4.78 is 5.92. The van der Waals surface area contributed by atoms with E-state index in [0.717, 1.165) is 10.0 Å². The second kappa shape index (κ2) is 5.35. The molecular formula is C13H13BrN2O2. The molecule has 1 aromatic heterocycles. The van der Waals surface area contributed by atoms with Gasteiger partial charge in [0.15, 0.2) is 5.69 Å². The lowest BCUT2D eigenvalue weighted by molar-refractivity contribution is 0.0519. The van der Waals surface area contributed by atoms with Crippen molar-refractivity contribution in [2.24, 2.45) is 0 Å². The Labute approximate surface area is 114 Å². The monoisotopic (exact) mass is 308 g/mol. The number of ether oxygens (including phenoxy) is 1. The van der Waals surface area contributed by atoms with Gasteiger partial charge in [-0.25, -0.2) is 9.78 Å². The van der Waals surface area contributed by atoms with E-state index in [4.69, 9.17) is 4.74 Å². The van der Waals surface area contributed by atoms with Crippen LogP contribution in [0.5, 0.6) is 0 Å². The molecule has 0 radical (unpaired) electrons. The number of esters is 1. The molecule has 2 aromatic rings. The third kappa shape index (κ3) is 2.61. The number of rotatable bonds is 3. The van der Waals surface area contributed by atoms with E-state index in [1.807, 2.05) is 24.3 Å². The van der Waals surface area contributed by atoms with Crippen molar-refractivity contribution in [3.8, 4) is 11.4 Å². The molecule has 0 aliphatic heterocycles. The number of aryl methyl sites for hydroxylation is 1. The second-order valence-electron chi connectivity index (χ2n) is 3.79. The molecule has 18 heavy (non-hydrogen) atoms. The maximum Gasteiger partial charge on any atom is 0.358 e. The second-order valence-corrected chi connectivity index (χ2v) is 4.71. The highest BCUT2D eigenvalue weighted by Crippen LogP contribution is 2.22. The lowest BCUT2D eigenvalue weighted by Gasteiger charge is -1.98. The summed E-state index contributed by atoms with van der Waals surface area (Å²) in [6.07, 6.45) is 0. The van der Waals surface area contributed by atoms with E-state index in [9.17, 15) is 4.79 Å². The number of hydrogen-bond acceptors (Lipinski definition) is 3. The molecule has 94 valence electrons. The van der Waals surface area contributed by atoms with Crippen LogP contribution in [-0.2, 0) is 4.74 Å². The maximum absolute atomic E-state index is 11.7. The van der Waals surface area contributed by atoms with Crippen LogP contribution in [-0.4, -0.2) is 22.5 Å². The fourth-order valence-corrected chi connectivity index (χ4v) is 2.03. The summed E-state index contributed by atoms with van der Waals surface area (Å²) in [6.45, 7) is 3.92. The van der Waals surface area contributed by atoms with Gasteiger partial charge < -0.3 is 9.72 Å². The SMILES string of the molecule is CCOC(=O)c1nc(-c2cccc(Br)c2)[nH]c1C. The molecule has 0 aliphatic rings. The molecule has 5 heteroatoms. The third-order valence-electron chi connectivity index (χ3n) is 2.45. The van der Waals surface area contributed by atoms with Crippen molar-refractivity contribution in [3.05, 3.63) is 40.1 Å². The Bertz CT molecular complexity index is 578. The molecule has 4 nitrogen and oxygen atoms in total. The topological polar surface area (TPSA) is 55.0 Å². The van der Waals surface area contributed by atoms with Crippen molar-refractivity contribution in [3.63, 3.8) is 0 Å². The smallest absolute Gasteiger partial charge is 0.358 e. The highest BCUT2D eigenvalue weighted by Gasteiger charge is 2.16. The van der Waals surface area contributed by atoms with Gasteiger partial charge >= 0.3 is 5.97 Å². The summed E-state index contributed by atoms with van der Waals surface area (Å²) in [4.78, 5) is 19.0. The number of imidazole rings is 1. The predicted octanol–water partition coefficient (Wildman–Crippen LogP) is 3.32. The van der Waals surface area contributed by atoms with E-state index in [1.54, 1.807) is 13.8 Å². The van der Waals surface area contributed by atoms with Gasteiger partial charge in [-0.05, 0) is 26.0 Å². The largest absolute Gasteiger partial charge is 0.461 e. The Kier molecular flexibility index (Phi) is 3.81. The average molecular weight is 309 g/mol. The van der Waals surface area contributed by atoms with E-state index < -0.39 is 5.97 Å². The van der Waals surface area contributed by atoms with E-state index in [1.165, 1.54) is 0 Å². The van der Waals surface area contributed by atoms with Gasteiger partial charge in [0.1, 0.15) is 5.82 Å². The van der Waals surface area contributed by atoms with E-state index in [0.29, 0.717) is 23.8 Å². The van der Waals surface area contributed by atoms with Crippen LogP contribution in [0.2, 0.25) is 0 Å². The first-order valence-electron chi connectivity index (χ1n) is 5.61. The number of nitrogens with zero attached hydrogens (tertiary/aromatic N) is 1. The fourth-order valence-electron chi connectivity index (χ4n) is 1.63. The van der Waals surface area contributed by atoms with Crippen LogP contribution in [0.3, 0.4) is 0 Å². The molecule has 1 N–H and O–H groups in total. The van der Waals surface area contributed by atoms with Gasteiger partial charge in [-0.15, -0.1) is 0 Å². The van der Waals surface area contributed by atoms with Crippen molar-refractivity contribution >= 4 is 21.9 Å². The van der Waals surface area contributed by atoms with Gasteiger partial charge in [0.25, 0.3) is 0 Å². The Hall–Kier alpha value is -1.62. The lowest BCUT2D eigenvalue weighted by atomic mass is 10.2. The van der Waals surface area contributed by atoms with Crippen molar-refractivity contribution in [2.75, 3.05) is 6.61 Å². The number of H-pyrrole nitrogens is 1. The normalized spacial score (nSPS) is 10.4. The minimum Gasteiger partial charge on any atom is -0.461 e. The lowest BCUT2D eigenvalue weighted by Crippen LogP contribution is -2.06. The number of benzene rings is 1. The first-order chi connectivity index (χ1) is 8.61. The molecule has 0 amide bonds. The molecule has 0 saturated heterocycles. The maximum atomic E-state index is 11.7. The summed E-state index contributed by atoms with van der Waals surface area (Å²) in [5, 5.41) is 0. The number of hydrogen-bond donors (Lipinski definition) is 1. The van der Waals surface area contributed by atoms with Crippen LogP contribution in [0.1, 0.15) is 23.1 Å². The zero-order valence-electron chi connectivity index (χ0n) is 10.2. The average Bonchev–Trinajstić information content (AvgIpc) is 2.72. The van der Waals surface area contributed by atoms with E-state index in [-0.39, 0.29) is 0 Å². The number of aromatic amines is 1. The zero-order chi connectivity index (χ0) is 13.1. The van der Waals surface area contributed by atoms with Crippen LogP contribution in [0.25, 0.3) is 11.4 Å². The van der Waals surface area contributed by atoms with Crippen LogP contribution >= 0.6 is 15.9 Å². The van der Waals surface area contributed by atoms with Gasteiger partial charge in [0.2, 0.25) is 0 Å². The van der Waals surface area contributed by atoms with Crippen LogP contribution in [0.15, 0.2) is 28.7 Å². The fraction of sp³-hybridized carbons (Fsp3) is 0.231. The summed E-state index contributed by atoms with van der Waals surface area (Å²) >= 11 is 3.41. The van der Waals surface area contributed by atoms with Crippen molar-refractivity contribution in [1.82, 2.24) is 9.97 Å². The van der Waals surface area contributed by atoms with Gasteiger partial charge in [0.05, 0.1) is 6.61 Å². The van der Waals surface area contributed by atoms with Gasteiger partial charge in [-0.2, -0.15) is 0 Å². The number of carbonyl (C=O) groups excluding carboxylic acids is 1. The molecule has 0 bridgehead atoms. The number of halogens is 1. The molecule has 0 aliphatic carbocycles. The Balaban J connectivity index is 2.37. The minimum atomic E-state index is -0.396.